The Labute approximate surface area is 162 Å². The maximum absolute atomic E-state index is 6.41. The highest BCUT2D eigenvalue weighted by Crippen LogP contribution is 2.82. The predicted molar refractivity (Wildman–Crippen MR) is 104 cm³/mol. The van der Waals surface area contributed by atoms with Crippen molar-refractivity contribution in [3.8, 4) is 11.5 Å². The lowest BCUT2D eigenvalue weighted by molar-refractivity contribution is 0.452. The Morgan fingerprint density at radius 1 is 0.833 bits per heavy atom. The van der Waals surface area contributed by atoms with Gasteiger partial charge in [0.25, 0.3) is 0 Å². The van der Waals surface area contributed by atoms with Gasteiger partial charge < -0.3 is 9.05 Å². The molecule has 3 rings (SSSR count). The number of hydrogen-bond acceptors (Lipinski definition) is 5. The van der Waals surface area contributed by atoms with Crippen molar-refractivity contribution in [3.63, 3.8) is 0 Å². The molecule has 2 unspecified atom stereocenters. The van der Waals surface area contributed by atoms with E-state index >= 15 is 0 Å². The van der Waals surface area contributed by atoms with E-state index in [0.29, 0.717) is 11.5 Å². The van der Waals surface area contributed by atoms with Gasteiger partial charge in [-0.05, 0) is 59.1 Å². The highest BCUT2D eigenvalue weighted by atomic mass is 35.7. The van der Waals surface area contributed by atoms with Gasteiger partial charge in [-0.15, -0.1) is 3.96 Å². The normalized spacial score (nSPS) is 24.2. The van der Waals surface area contributed by atoms with E-state index in [1.807, 2.05) is 36.4 Å². The first kappa shape index (κ1) is 19.0. The summed E-state index contributed by atoms with van der Waals surface area (Å²) in [5.41, 5.74) is 0. The van der Waals surface area contributed by atoms with Crippen LogP contribution >= 0.6 is 68.8 Å². The second-order valence-electron chi connectivity index (χ2n) is 4.35. The molecule has 1 heterocycles. The fourth-order valence-corrected chi connectivity index (χ4v) is 11.7. The summed E-state index contributed by atoms with van der Waals surface area (Å²) in [4.78, 5) is 0. The zero-order valence-corrected chi connectivity index (χ0v) is 17.5. The van der Waals surface area contributed by atoms with Crippen LogP contribution in [0.3, 0.4) is 0 Å². The van der Waals surface area contributed by atoms with Crippen molar-refractivity contribution in [1.82, 2.24) is 7.92 Å². The molecular formula is C12H10Cl4N3O2P3. The topological polar surface area (TPSA) is 37.3 Å². The number of para-hydroxylation sites is 2. The summed E-state index contributed by atoms with van der Waals surface area (Å²) in [7, 11) is -6.48. The summed E-state index contributed by atoms with van der Waals surface area (Å²) in [5, 5.41) is 0. The molecule has 128 valence electrons. The molecule has 0 aliphatic carbocycles. The highest BCUT2D eigenvalue weighted by molar-refractivity contribution is 8.01. The molecule has 2 aromatic carbocycles. The molecule has 2 atom stereocenters. The third-order valence-electron chi connectivity index (χ3n) is 2.74. The Morgan fingerprint density at radius 3 is 1.75 bits per heavy atom. The molecule has 0 spiro atoms. The molecule has 24 heavy (non-hydrogen) atoms. The molecule has 2 aromatic rings. The van der Waals surface area contributed by atoms with Crippen LogP contribution in [-0.2, 0) is 0 Å². The predicted octanol–water partition coefficient (Wildman–Crippen LogP) is 7.95. The van der Waals surface area contributed by atoms with Crippen LogP contribution < -0.4 is 9.05 Å². The van der Waals surface area contributed by atoms with Gasteiger partial charge in [0.2, 0.25) is 7.58 Å². The van der Waals surface area contributed by atoms with Crippen LogP contribution in [0.4, 0.5) is 0 Å². The SMILES string of the molecule is ClN1P(Cl)N=P(Oc2ccccc2)(Oc2ccccc2)N(Cl)P1Cl. The Bertz CT molecular complexity index is 697. The molecule has 5 nitrogen and oxygen atoms in total. The largest absolute Gasteiger partial charge is 0.423 e. The van der Waals surface area contributed by atoms with Gasteiger partial charge >= 0.3 is 7.66 Å². The minimum atomic E-state index is -3.18. The zero-order chi connectivity index (χ0) is 17.2. The Balaban J connectivity index is 2.05. The first-order valence-electron chi connectivity index (χ1n) is 6.47. The van der Waals surface area contributed by atoms with Crippen LogP contribution in [0, 0.1) is 0 Å². The lowest BCUT2D eigenvalue weighted by atomic mass is 10.3. The van der Waals surface area contributed by atoms with Gasteiger partial charge in [-0.1, -0.05) is 51.6 Å². The van der Waals surface area contributed by atoms with E-state index in [4.69, 9.17) is 55.1 Å². The van der Waals surface area contributed by atoms with Gasteiger partial charge in [0.05, 0.1) is 0 Å². The monoisotopic (exact) mass is 461 g/mol. The van der Waals surface area contributed by atoms with Gasteiger partial charge in [0.1, 0.15) is 11.5 Å². The molecular weight excluding hydrogens is 453 g/mol. The summed E-state index contributed by atoms with van der Waals surface area (Å²) in [6, 6.07) is 18.2. The summed E-state index contributed by atoms with van der Waals surface area (Å²) < 4.78 is 18.9. The first-order chi connectivity index (χ1) is 11.5. The third kappa shape index (κ3) is 4.13. The molecule has 0 radical (unpaired) electrons. The third-order valence-corrected chi connectivity index (χ3v) is 14.0. The smallest absolute Gasteiger partial charge is 0.418 e. The van der Waals surface area contributed by atoms with E-state index in [1.54, 1.807) is 24.3 Å². The van der Waals surface area contributed by atoms with E-state index in [0.717, 1.165) is 0 Å². The van der Waals surface area contributed by atoms with Gasteiger partial charge in [-0.2, -0.15) is 4.52 Å². The molecule has 0 bridgehead atoms. The number of nitrogens with zero attached hydrogens (tertiary/aromatic N) is 3. The van der Waals surface area contributed by atoms with E-state index in [9.17, 15) is 0 Å². The summed E-state index contributed by atoms with van der Waals surface area (Å²) >= 11 is 25.0. The van der Waals surface area contributed by atoms with E-state index in [2.05, 4.69) is 4.52 Å². The molecule has 1 aliphatic heterocycles. The molecule has 0 N–H and O–H groups in total. The molecule has 0 saturated heterocycles. The minimum Gasteiger partial charge on any atom is -0.418 e. The van der Waals surface area contributed by atoms with Crippen molar-refractivity contribution in [1.29, 1.82) is 0 Å². The average Bonchev–Trinajstić information content (AvgIpc) is 2.60. The summed E-state index contributed by atoms with van der Waals surface area (Å²) in [6.07, 6.45) is 0. The van der Waals surface area contributed by atoms with Crippen molar-refractivity contribution in [2.24, 2.45) is 4.52 Å². The first-order valence-corrected chi connectivity index (χ1v) is 13.0. The van der Waals surface area contributed by atoms with Gasteiger partial charge in [-0.25, -0.2) is 0 Å². The van der Waals surface area contributed by atoms with E-state index in [-0.39, 0.29) is 0 Å². The van der Waals surface area contributed by atoms with Crippen molar-refractivity contribution >= 4 is 68.8 Å². The quantitative estimate of drug-likeness (QED) is 0.341. The van der Waals surface area contributed by atoms with Gasteiger partial charge in [-0.3, -0.25) is 0 Å². The molecule has 12 heteroatoms. The second kappa shape index (κ2) is 8.27. The highest BCUT2D eigenvalue weighted by Gasteiger charge is 2.48. The van der Waals surface area contributed by atoms with Crippen molar-refractivity contribution in [2.75, 3.05) is 0 Å². The van der Waals surface area contributed by atoms with Crippen LogP contribution in [0.25, 0.3) is 0 Å². The second-order valence-corrected chi connectivity index (χ2v) is 13.0. The average molecular weight is 463 g/mol. The van der Waals surface area contributed by atoms with Crippen LogP contribution in [0.5, 0.6) is 11.5 Å². The van der Waals surface area contributed by atoms with Crippen molar-refractivity contribution < 1.29 is 9.05 Å². The van der Waals surface area contributed by atoms with Crippen LogP contribution in [0.1, 0.15) is 0 Å². The maximum Gasteiger partial charge on any atom is 0.423 e. The molecule has 0 fully saturated rings. The van der Waals surface area contributed by atoms with Crippen molar-refractivity contribution in [3.05, 3.63) is 60.7 Å². The zero-order valence-electron chi connectivity index (χ0n) is 11.8. The van der Waals surface area contributed by atoms with Crippen LogP contribution in [-0.4, -0.2) is 7.92 Å². The molecule has 0 aromatic heterocycles. The fourth-order valence-electron chi connectivity index (χ4n) is 1.73. The van der Waals surface area contributed by atoms with Gasteiger partial charge in [0.15, 0.2) is 7.58 Å². The summed E-state index contributed by atoms with van der Waals surface area (Å²) in [6.45, 7) is 0. The lowest BCUT2D eigenvalue weighted by Crippen LogP contribution is -2.18. The molecule has 0 saturated carbocycles. The standard InChI is InChI=1S/C12H10Cl4N3O2P3/c13-18-22(15)17-24(19(14)23(18)16,20-11-7-3-1-4-8-11)21-12-9-5-2-6-10-12/h1-10H. The minimum absolute atomic E-state index is 0.541. The van der Waals surface area contributed by atoms with Gasteiger partial charge in [0, 0.05) is 0 Å². The Kier molecular flexibility index (Phi) is 6.54. The fraction of sp³-hybridized carbons (Fsp3) is 0. The molecule has 1 aliphatic rings. The summed E-state index contributed by atoms with van der Waals surface area (Å²) in [5.74, 6) is 1.08. The maximum atomic E-state index is 6.41. The number of hydrogen-bond donors (Lipinski definition) is 0. The lowest BCUT2D eigenvalue weighted by Gasteiger charge is -2.38. The molecule has 0 amide bonds. The van der Waals surface area contributed by atoms with Crippen LogP contribution in [0.2, 0.25) is 0 Å². The Morgan fingerprint density at radius 2 is 1.29 bits per heavy atom. The Hall–Kier alpha value is 0.210. The number of rotatable bonds is 4. The van der Waals surface area contributed by atoms with Crippen LogP contribution in [0.15, 0.2) is 65.2 Å². The number of halogens is 4. The number of benzene rings is 2. The van der Waals surface area contributed by atoms with E-state index in [1.165, 1.54) is 7.92 Å². The van der Waals surface area contributed by atoms with Crippen molar-refractivity contribution in [2.45, 2.75) is 0 Å². The van der Waals surface area contributed by atoms with E-state index < -0.39 is 22.8 Å².